The van der Waals surface area contributed by atoms with Crippen LogP contribution in [0.2, 0.25) is 0 Å². The fourth-order valence-corrected chi connectivity index (χ4v) is 2.94. The molecule has 0 spiro atoms. The van der Waals surface area contributed by atoms with E-state index in [0.29, 0.717) is 13.1 Å². The molecule has 1 rings (SSSR count). The Morgan fingerprint density at radius 3 is 2.50 bits per heavy atom. The Kier molecular flexibility index (Phi) is 6.63. The quantitative estimate of drug-likeness (QED) is 0.793. The maximum Gasteiger partial charge on any atom is 0.138 e. The van der Waals surface area contributed by atoms with Gasteiger partial charge in [-0.2, -0.15) is 0 Å². The number of hydrogen-bond acceptors (Lipinski definition) is 3. The standard InChI is InChI=1S/C13H19Br2NO2/c1-8(2)18-13-10(7-16-6-9(3)17)4-11(14)5-12(13)15/h4-5,8-9,16-17H,6-7H2,1-3H3/t9-/m0/s1. The summed E-state index contributed by atoms with van der Waals surface area (Å²) in [6.45, 7) is 6.98. The molecule has 0 aliphatic rings. The van der Waals surface area contributed by atoms with Gasteiger partial charge in [-0.05, 0) is 48.8 Å². The fraction of sp³-hybridized carbons (Fsp3) is 0.538. The van der Waals surface area contributed by atoms with Crippen LogP contribution in [0.3, 0.4) is 0 Å². The summed E-state index contributed by atoms with van der Waals surface area (Å²) in [7, 11) is 0. The number of ether oxygens (including phenoxy) is 1. The van der Waals surface area contributed by atoms with Crippen LogP contribution < -0.4 is 10.1 Å². The third-order valence-electron chi connectivity index (χ3n) is 2.19. The summed E-state index contributed by atoms with van der Waals surface area (Å²) < 4.78 is 7.75. The lowest BCUT2D eigenvalue weighted by Crippen LogP contribution is -2.24. The van der Waals surface area contributed by atoms with Crippen LogP contribution >= 0.6 is 31.9 Å². The number of rotatable bonds is 6. The van der Waals surface area contributed by atoms with E-state index >= 15 is 0 Å². The van der Waals surface area contributed by atoms with E-state index in [1.165, 1.54) is 0 Å². The lowest BCUT2D eigenvalue weighted by Gasteiger charge is -2.17. The summed E-state index contributed by atoms with van der Waals surface area (Å²) >= 11 is 6.99. The zero-order valence-electron chi connectivity index (χ0n) is 10.8. The van der Waals surface area contributed by atoms with Gasteiger partial charge in [0.15, 0.2) is 0 Å². The molecule has 5 heteroatoms. The van der Waals surface area contributed by atoms with Crippen molar-refractivity contribution in [3.8, 4) is 5.75 Å². The lowest BCUT2D eigenvalue weighted by molar-refractivity contribution is 0.190. The van der Waals surface area contributed by atoms with Crippen LogP contribution in [0, 0.1) is 0 Å². The Hall–Kier alpha value is -0.100. The Morgan fingerprint density at radius 2 is 1.94 bits per heavy atom. The summed E-state index contributed by atoms with van der Waals surface area (Å²) in [6.07, 6.45) is -0.229. The number of benzene rings is 1. The largest absolute Gasteiger partial charge is 0.489 e. The average molecular weight is 381 g/mol. The minimum Gasteiger partial charge on any atom is -0.489 e. The summed E-state index contributed by atoms with van der Waals surface area (Å²) in [5.41, 5.74) is 1.06. The number of nitrogens with one attached hydrogen (secondary N) is 1. The number of aliphatic hydroxyl groups excluding tert-OH is 1. The van der Waals surface area contributed by atoms with E-state index in [0.717, 1.165) is 20.3 Å². The van der Waals surface area contributed by atoms with Crippen molar-refractivity contribution in [2.75, 3.05) is 6.54 Å². The molecule has 1 aromatic carbocycles. The van der Waals surface area contributed by atoms with Crippen molar-refractivity contribution in [1.29, 1.82) is 0 Å². The van der Waals surface area contributed by atoms with Crippen LogP contribution in [0.15, 0.2) is 21.1 Å². The predicted octanol–water partition coefficient (Wildman–Crippen LogP) is 3.47. The molecule has 0 aliphatic carbocycles. The first kappa shape index (κ1) is 16.0. The topological polar surface area (TPSA) is 41.5 Å². The minimum absolute atomic E-state index is 0.123. The zero-order chi connectivity index (χ0) is 13.7. The van der Waals surface area contributed by atoms with Crippen LogP contribution in [-0.2, 0) is 6.54 Å². The van der Waals surface area contributed by atoms with Crippen LogP contribution in [0.4, 0.5) is 0 Å². The van der Waals surface area contributed by atoms with Gasteiger partial charge in [0.1, 0.15) is 5.75 Å². The van der Waals surface area contributed by atoms with Gasteiger partial charge in [0, 0.05) is 23.1 Å². The van der Waals surface area contributed by atoms with E-state index < -0.39 is 0 Å². The molecule has 0 aromatic heterocycles. The predicted molar refractivity (Wildman–Crippen MR) is 81.0 cm³/mol. The Labute approximate surface area is 125 Å². The maximum atomic E-state index is 9.24. The van der Waals surface area contributed by atoms with Gasteiger partial charge >= 0.3 is 0 Å². The summed E-state index contributed by atoms with van der Waals surface area (Å²) in [4.78, 5) is 0. The summed E-state index contributed by atoms with van der Waals surface area (Å²) in [5.74, 6) is 0.853. The molecule has 1 atom stereocenters. The molecule has 0 unspecified atom stereocenters. The van der Waals surface area contributed by atoms with Crippen LogP contribution in [0.5, 0.6) is 5.75 Å². The van der Waals surface area contributed by atoms with Crippen molar-refractivity contribution in [3.63, 3.8) is 0 Å². The molecular formula is C13H19Br2NO2. The molecular weight excluding hydrogens is 362 g/mol. The first-order valence-corrected chi connectivity index (χ1v) is 7.52. The summed E-state index contributed by atoms with van der Waals surface area (Å²) in [6, 6.07) is 3.99. The van der Waals surface area contributed by atoms with Gasteiger partial charge in [0.05, 0.1) is 16.7 Å². The molecule has 0 radical (unpaired) electrons. The molecule has 102 valence electrons. The highest BCUT2D eigenvalue weighted by Crippen LogP contribution is 2.33. The molecule has 3 nitrogen and oxygen atoms in total. The molecule has 0 bridgehead atoms. The van der Waals surface area contributed by atoms with E-state index in [2.05, 4.69) is 37.2 Å². The van der Waals surface area contributed by atoms with Gasteiger partial charge in [-0.25, -0.2) is 0 Å². The van der Waals surface area contributed by atoms with E-state index in [-0.39, 0.29) is 12.2 Å². The number of hydrogen-bond donors (Lipinski definition) is 2. The highest BCUT2D eigenvalue weighted by atomic mass is 79.9. The van der Waals surface area contributed by atoms with Crippen molar-refractivity contribution in [1.82, 2.24) is 5.32 Å². The van der Waals surface area contributed by atoms with Gasteiger partial charge in [-0.15, -0.1) is 0 Å². The van der Waals surface area contributed by atoms with Crippen LogP contribution in [0.1, 0.15) is 26.3 Å². The van der Waals surface area contributed by atoms with Crippen LogP contribution in [0.25, 0.3) is 0 Å². The fourth-order valence-electron chi connectivity index (χ4n) is 1.53. The Balaban J connectivity index is 2.85. The highest BCUT2D eigenvalue weighted by Gasteiger charge is 2.11. The van der Waals surface area contributed by atoms with E-state index in [4.69, 9.17) is 4.74 Å². The van der Waals surface area contributed by atoms with Gasteiger partial charge in [-0.1, -0.05) is 15.9 Å². The average Bonchev–Trinajstić information content (AvgIpc) is 2.22. The van der Waals surface area contributed by atoms with Gasteiger partial charge in [-0.3, -0.25) is 0 Å². The molecule has 2 N–H and O–H groups in total. The van der Waals surface area contributed by atoms with Gasteiger partial charge < -0.3 is 15.2 Å². The Bertz CT molecular complexity index is 395. The molecule has 0 fully saturated rings. The third-order valence-corrected chi connectivity index (χ3v) is 3.24. The maximum absolute atomic E-state index is 9.24. The second-order valence-corrected chi connectivity index (χ2v) is 6.29. The number of aliphatic hydroxyl groups is 1. The van der Waals surface area contributed by atoms with E-state index in [1.807, 2.05) is 26.0 Å². The van der Waals surface area contributed by atoms with Crippen molar-refractivity contribution in [2.24, 2.45) is 0 Å². The molecule has 0 saturated heterocycles. The molecule has 18 heavy (non-hydrogen) atoms. The monoisotopic (exact) mass is 379 g/mol. The summed E-state index contributed by atoms with van der Waals surface area (Å²) in [5, 5.41) is 12.4. The lowest BCUT2D eigenvalue weighted by atomic mass is 10.2. The normalized spacial score (nSPS) is 12.8. The first-order chi connectivity index (χ1) is 8.40. The van der Waals surface area contributed by atoms with Crippen LogP contribution in [-0.4, -0.2) is 23.9 Å². The Morgan fingerprint density at radius 1 is 1.28 bits per heavy atom. The van der Waals surface area contributed by atoms with Crippen molar-refractivity contribution in [3.05, 3.63) is 26.6 Å². The molecule has 1 aromatic rings. The van der Waals surface area contributed by atoms with Gasteiger partial charge in [0.2, 0.25) is 0 Å². The number of halogens is 2. The zero-order valence-corrected chi connectivity index (χ0v) is 14.0. The van der Waals surface area contributed by atoms with E-state index in [1.54, 1.807) is 6.92 Å². The van der Waals surface area contributed by atoms with Crippen molar-refractivity contribution < 1.29 is 9.84 Å². The minimum atomic E-state index is -0.352. The smallest absolute Gasteiger partial charge is 0.138 e. The van der Waals surface area contributed by atoms with Crippen molar-refractivity contribution >= 4 is 31.9 Å². The van der Waals surface area contributed by atoms with Crippen molar-refractivity contribution in [2.45, 2.75) is 39.5 Å². The SMILES string of the molecule is CC(C)Oc1c(Br)cc(Br)cc1CNC[C@H](C)O. The molecule has 0 heterocycles. The molecule has 0 amide bonds. The van der Waals surface area contributed by atoms with E-state index in [9.17, 15) is 5.11 Å². The third kappa shape index (κ3) is 5.26. The second-order valence-electron chi connectivity index (χ2n) is 4.52. The second kappa shape index (κ2) is 7.48. The first-order valence-electron chi connectivity index (χ1n) is 5.93. The highest BCUT2D eigenvalue weighted by molar-refractivity contribution is 9.11. The molecule has 0 saturated carbocycles. The van der Waals surface area contributed by atoms with Gasteiger partial charge in [0.25, 0.3) is 0 Å². The molecule has 0 aliphatic heterocycles.